The van der Waals surface area contributed by atoms with E-state index in [4.69, 9.17) is 0 Å². The Kier molecular flexibility index (Phi) is 7.11. The highest BCUT2D eigenvalue weighted by Crippen LogP contribution is 2.21. The Labute approximate surface area is 184 Å². The van der Waals surface area contributed by atoms with E-state index in [9.17, 15) is 14.4 Å². The first kappa shape index (κ1) is 22.9. The number of Topliss-reactive ketones (excluding diaryl/α,β-unsaturated/α-hetero) is 2. The van der Waals surface area contributed by atoms with Gasteiger partial charge in [0.15, 0.2) is 11.6 Å². The quantitative estimate of drug-likeness (QED) is 0.687. The second-order valence-electron chi connectivity index (χ2n) is 8.66. The summed E-state index contributed by atoms with van der Waals surface area (Å²) < 4.78 is 0. The summed E-state index contributed by atoms with van der Waals surface area (Å²) in [6.45, 7) is 12.4. The first-order valence-corrected chi connectivity index (χ1v) is 11.1. The van der Waals surface area contributed by atoms with Gasteiger partial charge in [-0.1, -0.05) is 32.9 Å². The number of H-pyrrole nitrogens is 1. The molecule has 3 rings (SSSR count). The number of piperazine rings is 1. The highest BCUT2D eigenvalue weighted by Gasteiger charge is 2.26. The Balaban J connectivity index is 1.60. The lowest BCUT2D eigenvalue weighted by Crippen LogP contribution is -2.50. The molecule has 2 aromatic rings. The maximum Gasteiger partial charge on any atom is 0.253 e. The Bertz CT molecular complexity index is 965. The molecule has 1 aliphatic rings. The molecule has 1 saturated heterocycles. The normalized spacial score (nSPS) is 14.8. The number of aromatic amines is 1. The molecule has 1 amide bonds. The van der Waals surface area contributed by atoms with Crippen LogP contribution in [0, 0.1) is 6.92 Å². The Morgan fingerprint density at radius 3 is 2.16 bits per heavy atom. The lowest BCUT2D eigenvalue weighted by Gasteiger charge is -2.34. The first-order chi connectivity index (χ1) is 14.7. The number of carbonyl (C=O) groups excluding carboxylic acids is 3. The van der Waals surface area contributed by atoms with Crippen LogP contribution < -0.4 is 0 Å². The number of ketones is 2. The summed E-state index contributed by atoms with van der Waals surface area (Å²) in [5.41, 5.74) is 4.69. The second kappa shape index (κ2) is 9.60. The van der Waals surface area contributed by atoms with Gasteiger partial charge >= 0.3 is 0 Å². The number of carbonyl (C=O) groups is 3. The van der Waals surface area contributed by atoms with E-state index in [0.717, 1.165) is 11.3 Å². The van der Waals surface area contributed by atoms with Crippen molar-refractivity contribution >= 4 is 17.5 Å². The van der Waals surface area contributed by atoms with Crippen LogP contribution in [-0.4, -0.2) is 65.0 Å². The van der Waals surface area contributed by atoms with Crippen molar-refractivity contribution in [3.8, 4) is 0 Å². The Morgan fingerprint density at radius 1 is 1.03 bits per heavy atom. The molecular formula is C25H33N3O3. The lowest BCUT2D eigenvalue weighted by atomic mass is 10.0. The number of hydrogen-bond acceptors (Lipinski definition) is 4. The minimum Gasteiger partial charge on any atom is -0.355 e. The molecule has 166 valence electrons. The highest BCUT2D eigenvalue weighted by molar-refractivity contribution is 6.04. The maximum atomic E-state index is 12.9. The van der Waals surface area contributed by atoms with Crippen LogP contribution in [-0.2, 0) is 6.42 Å². The number of rotatable bonds is 7. The predicted octanol–water partition coefficient (Wildman–Crippen LogP) is 3.85. The number of benzene rings is 1. The minimum absolute atomic E-state index is 0.00324. The summed E-state index contributed by atoms with van der Waals surface area (Å²) in [4.78, 5) is 44.8. The Morgan fingerprint density at radius 2 is 1.65 bits per heavy atom. The molecule has 0 radical (unpaired) electrons. The molecule has 0 unspecified atom stereocenters. The van der Waals surface area contributed by atoms with Crippen LogP contribution >= 0.6 is 0 Å². The van der Waals surface area contributed by atoms with Gasteiger partial charge in [-0.05, 0) is 49.4 Å². The predicted molar refractivity (Wildman–Crippen MR) is 122 cm³/mol. The van der Waals surface area contributed by atoms with Gasteiger partial charge in [0.25, 0.3) is 5.91 Å². The van der Waals surface area contributed by atoms with Crippen molar-refractivity contribution in [2.75, 3.05) is 32.7 Å². The van der Waals surface area contributed by atoms with Crippen molar-refractivity contribution in [3.05, 3.63) is 57.9 Å². The smallest absolute Gasteiger partial charge is 0.253 e. The van der Waals surface area contributed by atoms with E-state index >= 15 is 0 Å². The molecule has 0 aliphatic carbocycles. The molecular weight excluding hydrogens is 390 g/mol. The zero-order valence-electron chi connectivity index (χ0n) is 19.2. The summed E-state index contributed by atoms with van der Waals surface area (Å²) in [5, 5.41) is 0. The molecule has 0 atom stereocenters. The zero-order valence-corrected chi connectivity index (χ0v) is 19.2. The van der Waals surface area contributed by atoms with Crippen LogP contribution in [0.5, 0.6) is 0 Å². The molecule has 1 aromatic carbocycles. The van der Waals surface area contributed by atoms with E-state index in [1.54, 1.807) is 0 Å². The fraction of sp³-hybridized carbons (Fsp3) is 0.480. The molecule has 1 N–H and O–H groups in total. The van der Waals surface area contributed by atoms with Crippen molar-refractivity contribution in [1.29, 1.82) is 0 Å². The third kappa shape index (κ3) is 4.96. The third-order valence-corrected chi connectivity index (χ3v) is 6.13. The van der Waals surface area contributed by atoms with Gasteiger partial charge in [0.05, 0.1) is 12.2 Å². The average Bonchev–Trinajstić information content (AvgIpc) is 3.10. The minimum atomic E-state index is -0.0156. The fourth-order valence-corrected chi connectivity index (χ4v) is 4.33. The van der Waals surface area contributed by atoms with Crippen molar-refractivity contribution in [2.24, 2.45) is 0 Å². The number of aromatic nitrogens is 1. The van der Waals surface area contributed by atoms with Gasteiger partial charge < -0.3 is 9.88 Å². The van der Waals surface area contributed by atoms with Gasteiger partial charge in [-0.3, -0.25) is 19.3 Å². The summed E-state index contributed by atoms with van der Waals surface area (Å²) in [6.07, 6.45) is 0.637. The number of nitrogens with zero attached hydrogens (tertiary/aromatic N) is 2. The largest absolute Gasteiger partial charge is 0.355 e. The van der Waals surface area contributed by atoms with Crippen molar-refractivity contribution in [2.45, 2.75) is 47.0 Å². The lowest BCUT2D eigenvalue weighted by molar-refractivity contribution is 0.0623. The van der Waals surface area contributed by atoms with Gasteiger partial charge in [0, 0.05) is 43.0 Å². The van der Waals surface area contributed by atoms with Crippen molar-refractivity contribution < 1.29 is 14.4 Å². The molecule has 0 saturated carbocycles. The average molecular weight is 424 g/mol. The zero-order chi connectivity index (χ0) is 22.7. The van der Waals surface area contributed by atoms with Crippen LogP contribution in [0.1, 0.15) is 81.6 Å². The van der Waals surface area contributed by atoms with E-state index in [0.29, 0.717) is 55.3 Å². The third-order valence-electron chi connectivity index (χ3n) is 6.13. The molecule has 6 heteroatoms. The van der Waals surface area contributed by atoms with Crippen molar-refractivity contribution in [3.63, 3.8) is 0 Å². The van der Waals surface area contributed by atoms with E-state index in [1.807, 2.05) is 43.0 Å². The molecule has 0 bridgehead atoms. The number of aryl methyl sites for hydroxylation is 1. The molecule has 2 heterocycles. The fourth-order valence-electron chi connectivity index (χ4n) is 4.33. The van der Waals surface area contributed by atoms with Gasteiger partial charge in [-0.25, -0.2) is 0 Å². The molecule has 1 fully saturated rings. The van der Waals surface area contributed by atoms with Gasteiger partial charge in [0.1, 0.15) is 0 Å². The summed E-state index contributed by atoms with van der Waals surface area (Å²) in [7, 11) is 0. The standard InChI is InChI=1S/C25H33N3O3/c1-6-21-23(18(5)29)17(4)26-24(21)22(30)15-27-11-13-28(14-12-27)25(31)20-9-7-19(8-10-20)16(2)3/h7-10,16,26H,6,11-15H2,1-5H3. The van der Waals surface area contributed by atoms with Gasteiger partial charge in [0.2, 0.25) is 0 Å². The van der Waals surface area contributed by atoms with E-state index in [-0.39, 0.29) is 24.0 Å². The van der Waals surface area contributed by atoms with Crippen LogP contribution in [0.25, 0.3) is 0 Å². The summed E-state index contributed by atoms with van der Waals surface area (Å²) in [6, 6.07) is 7.84. The van der Waals surface area contributed by atoms with Gasteiger partial charge in [-0.2, -0.15) is 0 Å². The first-order valence-electron chi connectivity index (χ1n) is 11.1. The number of nitrogens with one attached hydrogen (secondary N) is 1. The molecule has 1 aromatic heterocycles. The summed E-state index contributed by atoms with van der Waals surface area (Å²) >= 11 is 0. The molecule has 0 spiro atoms. The van der Waals surface area contributed by atoms with Crippen molar-refractivity contribution in [1.82, 2.24) is 14.8 Å². The number of hydrogen-bond donors (Lipinski definition) is 1. The topological polar surface area (TPSA) is 73.5 Å². The SMILES string of the molecule is CCc1c(C(=O)CN2CCN(C(=O)c3ccc(C(C)C)cc3)CC2)[nH]c(C)c1C(C)=O. The molecule has 6 nitrogen and oxygen atoms in total. The Hall–Kier alpha value is -2.73. The van der Waals surface area contributed by atoms with E-state index in [1.165, 1.54) is 12.5 Å². The maximum absolute atomic E-state index is 12.9. The van der Waals surface area contributed by atoms with Gasteiger partial charge in [-0.15, -0.1) is 0 Å². The monoisotopic (exact) mass is 423 g/mol. The molecule has 1 aliphatic heterocycles. The number of amides is 1. The van der Waals surface area contributed by atoms with Crippen LogP contribution in [0.3, 0.4) is 0 Å². The van der Waals surface area contributed by atoms with Crippen LogP contribution in [0.15, 0.2) is 24.3 Å². The molecule has 31 heavy (non-hydrogen) atoms. The van der Waals surface area contributed by atoms with E-state index < -0.39 is 0 Å². The van der Waals surface area contributed by atoms with Crippen LogP contribution in [0.2, 0.25) is 0 Å². The van der Waals surface area contributed by atoms with E-state index in [2.05, 4.69) is 23.7 Å². The highest BCUT2D eigenvalue weighted by atomic mass is 16.2. The van der Waals surface area contributed by atoms with Crippen LogP contribution in [0.4, 0.5) is 0 Å². The summed E-state index contributed by atoms with van der Waals surface area (Å²) in [5.74, 6) is 0.462. The second-order valence-corrected chi connectivity index (χ2v) is 8.66.